The Balaban J connectivity index is 0.000000371. The number of hydrogen-bond acceptors (Lipinski definition) is 2. The lowest BCUT2D eigenvalue weighted by Gasteiger charge is -1.78. The third-order valence-electron chi connectivity index (χ3n) is 0.969. The molecule has 10 heavy (non-hydrogen) atoms. The molecule has 1 aromatic rings. The summed E-state index contributed by atoms with van der Waals surface area (Å²) in [6.45, 7) is 7.94. The maximum Gasteiger partial charge on any atom is 0.193 e. The first-order valence-electron chi connectivity index (χ1n) is 3.74. The van der Waals surface area contributed by atoms with Crippen molar-refractivity contribution in [2.75, 3.05) is 0 Å². The summed E-state index contributed by atoms with van der Waals surface area (Å²) in [5.74, 6) is 0.822. The van der Waals surface area contributed by atoms with Crippen LogP contribution in [0.1, 0.15) is 32.4 Å². The summed E-state index contributed by atoms with van der Waals surface area (Å²) < 4.78 is 5.00. The largest absolute Gasteiger partial charge is 0.449 e. The average Bonchev–Trinajstić information content (AvgIpc) is 2.40. The van der Waals surface area contributed by atoms with Crippen molar-refractivity contribution in [3.63, 3.8) is 0 Å². The van der Waals surface area contributed by atoms with Gasteiger partial charge in [-0.3, -0.25) is 0 Å². The van der Waals surface area contributed by atoms with E-state index in [9.17, 15) is 0 Å². The second kappa shape index (κ2) is 5.03. The van der Waals surface area contributed by atoms with Crippen LogP contribution in [0.3, 0.4) is 0 Å². The van der Waals surface area contributed by atoms with Crippen LogP contribution in [0.4, 0.5) is 0 Å². The van der Waals surface area contributed by atoms with Crippen molar-refractivity contribution in [2.45, 2.75) is 34.1 Å². The lowest BCUT2D eigenvalue weighted by molar-refractivity contribution is 0.501. The lowest BCUT2D eigenvalue weighted by atomic mass is 10.5. The molecule has 0 amide bonds. The highest BCUT2D eigenvalue weighted by Crippen LogP contribution is 1.99. The van der Waals surface area contributed by atoms with Gasteiger partial charge in [-0.25, -0.2) is 4.98 Å². The van der Waals surface area contributed by atoms with Crippen molar-refractivity contribution in [3.8, 4) is 0 Å². The molecule has 2 nitrogen and oxygen atoms in total. The van der Waals surface area contributed by atoms with Gasteiger partial charge in [-0.2, -0.15) is 0 Å². The van der Waals surface area contributed by atoms with E-state index >= 15 is 0 Å². The average molecular weight is 141 g/mol. The van der Waals surface area contributed by atoms with Gasteiger partial charge in [0.1, 0.15) is 6.26 Å². The third-order valence-corrected chi connectivity index (χ3v) is 0.969. The zero-order valence-electron chi connectivity index (χ0n) is 7.14. The minimum absolute atomic E-state index is 0.822. The molecule has 0 spiro atoms. The maximum absolute atomic E-state index is 5.00. The molecule has 0 unspecified atom stereocenters. The molecule has 1 aromatic heterocycles. The molecular weight excluding hydrogens is 126 g/mol. The third kappa shape index (κ3) is 2.67. The van der Waals surface area contributed by atoms with Gasteiger partial charge in [-0.05, 0) is 6.92 Å². The fourth-order valence-electron chi connectivity index (χ4n) is 0.565. The summed E-state index contributed by atoms with van der Waals surface area (Å²) in [6, 6.07) is 0. The predicted molar refractivity (Wildman–Crippen MR) is 42.0 cm³/mol. The molecule has 0 fully saturated rings. The molecule has 58 valence electrons. The summed E-state index contributed by atoms with van der Waals surface area (Å²) in [7, 11) is 0. The van der Waals surface area contributed by atoms with Gasteiger partial charge in [0.25, 0.3) is 0 Å². The minimum atomic E-state index is 0.822. The van der Waals surface area contributed by atoms with Gasteiger partial charge in [-0.15, -0.1) is 0 Å². The van der Waals surface area contributed by atoms with E-state index in [1.54, 1.807) is 6.26 Å². The van der Waals surface area contributed by atoms with Crippen LogP contribution in [-0.2, 0) is 6.42 Å². The van der Waals surface area contributed by atoms with E-state index in [1.807, 2.05) is 27.7 Å². The van der Waals surface area contributed by atoms with E-state index < -0.39 is 0 Å². The molecule has 1 heterocycles. The standard InChI is InChI=1S/C6H9NO.C2H6/c1-3-6-7-5(2)4-8-6;1-2/h4H,3H2,1-2H3;1-2H3. The van der Waals surface area contributed by atoms with Crippen molar-refractivity contribution in [3.05, 3.63) is 17.8 Å². The molecule has 0 radical (unpaired) electrons. The van der Waals surface area contributed by atoms with E-state index in [4.69, 9.17) is 4.42 Å². The Bertz CT molecular complexity index is 170. The minimum Gasteiger partial charge on any atom is -0.449 e. The van der Waals surface area contributed by atoms with Crippen LogP contribution >= 0.6 is 0 Å². The first-order valence-corrected chi connectivity index (χ1v) is 3.74. The van der Waals surface area contributed by atoms with Crippen LogP contribution in [0.2, 0.25) is 0 Å². The highest BCUT2D eigenvalue weighted by molar-refractivity contribution is 4.91. The van der Waals surface area contributed by atoms with Gasteiger partial charge >= 0.3 is 0 Å². The second-order valence-corrected chi connectivity index (χ2v) is 1.74. The molecule has 0 saturated heterocycles. The van der Waals surface area contributed by atoms with E-state index in [1.165, 1.54) is 0 Å². The zero-order chi connectivity index (χ0) is 7.98. The van der Waals surface area contributed by atoms with Crippen molar-refractivity contribution in [1.82, 2.24) is 4.98 Å². The summed E-state index contributed by atoms with van der Waals surface area (Å²) in [6.07, 6.45) is 2.55. The number of rotatable bonds is 1. The molecule has 0 aliphatic carbocycles. The van der Waals surface area contributed by atoms with Crippen LogP contribution in [0.25, 0.3) is 0 Å². The van der Waals surface area contributed by atoms with Crippen molar-refractivity contribution in [1.29, 1.82) is 0 Å². The fourth-order valence-corrected chi connectivity index (χ4v) is 0.565. The van der Waals surface area contributed by atoms with Gasteiger partial charge in [0.05, 0.1) is 5.69 Å². The van der Waals surface area contributed by atoms with Gasteiger partial charge in [0, 0.05) is 6.42 Å². The topological polar surface area (TPSA) is 26.0 Å². The van der Waals surface area contributed by atoms with Gasteiger partial charge in [-0.1, -0.05) is 20.8 Å². The second-order valence-electron chi connectivity index (χ2n) is 1.74. The van der Waals surface area contributed by atoms with Crippen molar-refractivity contribution in [2.24, 2.45) is 0 Å². The number of aromatic nitrogens is 1. The monoisotopic (exact) mass is 141 g/mol. The lowest BCUT2D eigenvalue weighted by Crippen LogP contribution is -1.76. The molecule has 0 N–H and O–H groups in total. The molecule has 0 bridgehead atoms. The normalized spacial score (nSPS) is 8.40. The summed E-state index contributed by atoms with van der Waals surface area (Å²) in [4.78, 5) is 4.06. The van der Waals surface area contributed by atoms with Crippen molar-refractivity contribution >= 4 is 0 Å². The number of aryl methyl sites for hydroxylation is 2. The summed E-state index contributed by atoms with van der Waals surface area (Å²) in [5.41, 5.74) is 0.960. The Morgan fingerprint density at radius 1 is 1.50 bits per heavy atom. The van der Waals surface area contributed by atoms with Crippen LogP contribution in [0.5, 0.6) is 0 Å². The van der Waals surface area contributed by atoms with Crippen LogP contribution < -0.4 is 0 Å². The Kier molecular flexibility index (Phi) is 4.63. The van der Waals surface area contributed by atoms with Crippen LogP contribution in [0, 0.1) is 6.92 Å². The Labute approximate surface area is 62.3 Å². The maximum atomic E-state index is 5.00. The molecule has 2 heteroatoms. The van der Waals surface area contributed by atoms with Gasteiger partial charge in [0.15, 0.2) is 5.89 Å². The Morgan fingerprint density at radius 2 is 2.10 bits per heavy atom. The summed E-state index contributed by atoms with van der Waals surface area (Å²) >= 11 is 0. The first kappa shape index (κ1) is 9.21. The van der Waals surface area contributed by atoms with E-state index in [2.05, 4.69) is 4.98 Å². The summed E-state index contributed by atoms with van der Waals surface area (Å²) in [5, 5.41) is 0. The fraction of sp³-hybridized carbons (Fsp3) is 0.625. The Hall–Kier alpha value is -0.790. The van der Waals surface area contributed by atoms with Gasteiger partial charge < -0.3 is 4.42 Å². The molecule has 0 atom stereocenters. The smallest absolute Gasteiger partial charge is 0.193 e. The van der Waals surface area contributed by atoms with E-state index in [-0.39, 0.29) is 0 Å². The van der Waals surface area contributed by atoms with E-state index in [0.717, 1.165) is 18.0 Å². The first-order chi connectivity index (χ1) is 4.83. The zero-order valence-corrected chi connectivity index (χ0v) is 7.14. The highest BCUT2D eigenvalue weighted by Gasteiger charge is 1.93. The number of oxazole rings is 1. The number of nitrogens with zero attached hydrogens (tertiary/aromatic N) is 1. The SMILES string of the molecule is CC.CCc1nc(C)co1. The predicted octanol–water partition coefficient (Wildman–Crippen LogP) is 2.57. The highest BCUT2D eigenvalue weighted by atomic mass is 16.3. The molecule has 0 aliphatic heterocycles. The molecule has 0 aromatic carbocycles. The van der Waals surface area contributed by atoms with E-state index in [0.29, 0.717) is 0 Å². The van der Waals surface area contributed by atoms with Crippen LogP contribution in [0.15, 0.2) is 10.7 Å². The molecule has 0 saturated carbocycles. The Morgan fingerprint density at radius 3 is 2.30 bits per heavy atom. The molecule has 0 aliphatic rings. The quantitative estimate of drug-likeness (QED) is 0.600. The van der Waals surface area contributed by atoms with Crippen LogP contribution in [-0.4, -0.2) is 4.98 Å². The van der Waals surface area contributed by atoms with Crippen molar-refractivity contribution < 1.29 is 4.42 Å². The van der Waals surface area contributed by atoms with Gasteiger partial charge in [0.2, 0.25) is 0 Å². The molecular formula is C8H15NO. The molecule has 1 rings (SSSR count). The number of hydrogen-bond donors (Lipinski definition) is 0.